The number of aryl methyl sites for hydroxylation is 4. The third kappa shape index (κ3) is 7.12. The Morgan fingerprint density at radius 2 is 1.73 bits per heavy atom. The van der Waals surface area contributed by atoms with Gasteiger partial charge in [0.2, 0.25) is 0 Å². The van der Waals surface area contributed by atoms with Gasteiger partial charge >= 0.3 is 6.09 Å². The first-order chi connectivity index (χ1) is 16.2. The van der Waals surface area contributed by atoms with Crippen molar-refractivity contribution in [1.29, 1.82) is 0 Å². The molecule has 0 atom stereocenters. The summed E-state index contributed by atoms with van der Waals surface area (Å²) in [7, 11) is 0. The molecular formula is C27H32N4O2. The number of nitrogens with zero attached hydrogens (tertiary/aromatic N) is 4. The highest BCUT2D eigenvalue weighted by molar-refractivity contribution is 5.70. The summed E-state index contributed by atoms with van der Waals surface area (Å²) in [4.78, 5) is 25.4. The van der Waals surface area contributed by atoms with Crippen molar-refractivity contribution in [3.05, 3.63) is 89.5 Å². The number of hydrogen-bond acceptors (Lipinski definition) is 5. The first-order valence-electron chi connectivity index (χ1n) is 11.7. The van der Waals surface area contributed by atoms with Gasteiger partial charge in [-0.25, -0.2) is 4.79 Å². The quantitative estimate of drug-likeness (QED) is 0.518. The molecule has 0 spiro atoms. The van der Waals surface area contributed by atoms with Crippen molar-refractivity contribution in [3.63, 3.8) is 0 Å². The molecule has 0 aliphatic carbocycles. The van der Waals surface area contributed by atoms with E-state index in [4.69, 9.17) is 4.74 Å². The lowest BCUT2D eigenvalue weighted by molar-refractivity contribution is 0.110. The molecule has 4 rings (SSSR count). The summed E-state index contributed by atoms with van der Waals surface area (Å²) in [6.07, 6.45) is 9.32. The summed E-state index contributed by atoms with van der Waals surface area (Å²) in [6, 6.07) is 16.1. The summed E-state index contributed by atoms with van der Waals surface area (Å²) in [5, 5.41) is 0. The van der Waals surface area contributed by atoms with E-state index < -0.39 is 0 Å². The van der Waals surface area contributed by atoms with Crippen LogP contribution < -0.4 is 4.74 Å². The molecule has 1 aliphatic rings. The van der Waals surface area contributed by atoms with Crippen molar-refractivity contribution in [1.82, 2.24) is 19.8 Å². The molecule has 6 nitrogen and oxygen atoms in total. The second-order valence-corrected chi connectivity index (χ2v) is 8.63. The second kappa shape index (κ2) is 11.6. The van der Waals surface area contributed by atoms with Gasteiger partial charge in [0, 0.05) is 50.5 Å². The number of hydrogen-bond donors (Lipinski definition) is 0. The van der Waals surface area contributed by atoms with E-state index in [9.17, 15) is 4.79 Å². The summed E-state index contributed by atoms with van der Waals surface area (Å²) < 4.78 is 5.61. The first kappa shape index (κ1) is 22.9. The van der Waals surface area contributed by atoms with Crippen LogP contribution in [0.15, 0.2) is 67.1 Å². The average molecular weight is 445 g/mol. The number of piperazine rings is 1. The Morgan fingerprint density at radius 3 is 2.42 bits per heavy atom. The highest BCUT2D eigenvalue weighted by Crippen LogP contribution is 2.16. The van der Waals surface area contributed by atoms with Crippen LogP contribution >= 0.6 is 0 Å². The predicted octanol–water partition coefficient (Wildman–Crippen LogP) is 4.32. The number of carbonyl (C=O) groups is 1. The van der Waals surface area contributed by atoms with Gasteiger partial charge in [0.1, 0.15) is 5.75 Å². The molecule has 0 unspecified atom stereocenters. The molecule has 1 amide bonds. The monoisotopic (exact) mass is 444 g/mol. The number of ether oxygens (including phenoxy) is 1. The Labute approximate surface area is 196 Å². The molecule has 0 saturated carbocycles. The van der Waals surface area contributed by atoms with Crippen LogP contribution in [-0.2, 0) is 19.3 Å². The van der Waals surface area contributed by atoms with Gasteiger partial charge < -0.3 is 9.64 Å². The lowest BCUT2D eigenvalue weighted by atomic mass is 10.1. The van der Waals surface area contributed by atoms with Gasteiger partial charge in [0.25, 0.3) is 0 Å². The van der Waals surface area contributed by atoms with Gasteiger partial charge in [-0.15, -0.1) is 0 Å². The zero-order chi connectivity index (χ0) is 22.9. The summed E-state index contributed by atoms with van der Waals surface area (Å²) in [5.41, 5.74) is 4.74. The van der Waals surface area contributed by atoms with Crippen LogP contribution in [0.4, 0.5) is 4.79 Å². The number of carbonyl (C=O) groups excluding carboxylic acids is 1. The van der Waals surface area contributed by atoms with E-state index in [1.54, 1.807) is 11.1 Å². The predicted molar refractivity (Wildman–Crippen MR) is 129 cm³/mol. The maximum absolute atomic E-state index is 12.6. The zero-order valence-corrected chi connectivity index (χ0v) is 19.3. The first-order valence-corrected chi connectivity index (χ1v) is 11.7. The second-order valence-electron chi connectivity index (χ2n) is 8.63. The van der Waals surface area contributed by atoms with Crippen LogP contribution in [0, 0.1) is 6.92 Å². The minimum Gasteiger partial charge on any atom is -0.410 e. The molecule has 3 aromatic rings. The van der Waals surface area contributed by atoms with Gasteiger partial charge in [0.15, 0.2) is 0 Å². The van der Waals surface area contributed by atoms with E-state index in [-0.39, 0.29) is 6.09 Å². The fourth-order valence-electron chi connectivity index (χ4n) is 4.02. The summed E-state index contributed by atoms with van der Waals surface area (Å²) in [5.74, 6) is 0.594. The van der Waals surface area contributed by atoms with Crippen LogP contribution in [0.25, 0.3) is 0 Å². The summed E-state index contributed by atoms with van der Waals surface area (Å²) >= 11 is 0. The lowest BCUT2D eigenvalue weighted by Crippen LogP contribution is -2.49. The van der Waals surface area contributed by atoms with E-state index in [2.05, 4.69) is 33.1 Å². The van der Waals surface area contributed by atoms with Crippen LogP contribution in [0.2, 0.25) is 0 Å². The van der Waals surface area contributed by atoms with Crippen LogP contribution in [-0.4, -0.2) is 58.6 Å². The minimum atomic E-state index is -0.262. The molecule has 2 aromatic heterocycles. The fourth-order valence-corrected chi connectivity index (χ4v) is 4.02. The largest absolute Gasteiger partial charge is 0.415 e. The van der Waals surface area contributed by atoms with Crippen molar-refractivity contribution < 1.29 is 9.53 Å². The minimum absolute atomic E-state index is 0.262. The van der Waals surface area contributed by atoms with Gasteiger partial charge in [0.05, 0.1) is 0 Å². The Kier molecular flexibility index (Phi) is 8.04. The maximum atomic E-state index is 12.6. The number of amides is 1. The van der Waals surface area contributed by atoms with Crippen molar-refractivity contribution in [2.24, 2.45) is 0 Å². The Hall–Kier alpha value is -3.25. The molecule has 0 N–H and O–H groups in total. The highest BCUT2D eigenvalue weighted by Gasteiger charge is 2.22. The maximum Gasteiger partial charge on any atom is 0.415 e. The Bertz CT molecular complexity index is 999. The number of rotatable bonds is 8. The zero-order valence-electron chi connectivity index (χ0n) is 19.3. The topological polar surface area (TPSA) is 58.6 Å². The molecule has 1 aromatic carbocycles. The normalized spacial score (nSPS) is 14.3. The van der Waals surface area contributed by atoms with E-state index in [1.807, 2.05) is 49.6 Å². The van der Waals surface area contributed by atoms with Gasteiger partial charge in [-0.2, -0.15) is 0 Å². The Balaban J connectivity index is 1.16. The van der Waals surface area contributed by atoms with Crippen molar-refractivity contribution >= 4 is 6.09 Å². The molecule has 1 fully saturated rings. The third-order valence-corrected chi connectivity index (χ3v) is 6.06. The molecule has 0 radical (unpaired) electrons. The summed E-state index contributed by atoms with van der Waals surface area (Å²) in [6.45, 7) is 6.25. The molecule has 0 bridgehead atoms. The van der Waals surface area contributed by atoms with Crippen molar-refractivity contribution in [3.8, 4) is 5.75 Å². The van der Waals surface area contributed by atoms with E-state index in [0.717, 1.165) is 51.0 Å². The van der Waals surface area contributed by atoms with E-state index >= 15 is 0 Å². The molecule has 3 heterocycles. The van der Waals surface area contributed by atoms with Gasteiger partial charge in [-0.3, -0.25) is 14.9 Å². The molecule has 33 heavy (non-hydrogen) atoms. The Morgan fingerprint density at radius 1 is 0.909 bits per heavy atom. The smallest absolute Gasteiger partial charge is 0.410 e. The fraction of sp³-hybridized carbons (Fsp3) is 0.370. The standard InChI is InChI=1S/C27H32N4O2/c1-22-6-10-25(29-20-22)11-7-23-8-12-26(13-9-23)33-27(32)31-18-16-30(17-19-31)15-3-5-24-4-2-14-28-21-24/h2,4,6,8-10,12-14,20-21H,3,5,7,11,15-19H2,1H3. The average Bonchev–Trinajstić information content (AvgIpc) is 2.86. The van der Waals surface area contributed by atoms with Gasteiger partial charge in [-0.1, -0.05) is 24.3 Å². The highest BCUT2D eigenvalue weighted by atomic mass is 16.6. The van der Waals surface area contributed by atoms with Crippen LogP contribution in [0.1, 0.15) is 28.8 Å². The van der Waals surface area contributed by atoms with Crippen molar-refractivity contribution in [2.75, 3.05) is 32.7 Å². The number of pyridine rings is 2. The molecular weight excluding hydrogens is 412 g/mol. The lowest BCUT2D eigenvalue weighted by Gasteiger charge is -2.34. The van der Waals surface area contributed by atoms with Crippen molar-refractivity contribution in [2.45, 2.75) is 32.6 Å². The van der Waals surface area contributed by atoms with E-state index in [1.165, 1.54) is 16.7 Å². The molecule has 1 aliphatic heterocycles. The van der Waals surface area contributed by atoms with Crippen LogP contribution in [0.3, 0.4) is 0 Å². The SMILES string of the molecule is Cc1ccc(CCc2ccc(OC(=O)N3CCN(CCCc4cccnc4)CC3)cc2)nc1. The molecule has 6 heteroatoms. The van der Waals surface area contributed by atoms with Crippen LogP contribution in [0.5, 0.6) is 5.75 Å². The van der Waals surface area contributed by atoms with Gasteiger partial charge in [-0.05, 0) is 80.1 Å². The molecule has 172 valence electrons. The molecule has 1 saturated heterocycles. The number of benzene rings is 1. The number of aromatic nitrogens is 2. The van der Waals surface area contributed by atoms with E-state index in [0.29, 0.717) is 18.8 Å². The third-order valence-electron chi connectivity index (χ3n) is 6.06.